The van der Waals surface area contributed by atoms with Crippen LogP contribution in [0.5, 0.6) is 0 Å². The standard InChI is InChI=1S/C21H18F2N6O3S/c22-16(23)9-24-21(32)15-4-3-14(33-15)13-7-17(26-12-1-2-12)29-19(27-13)11(8-25-29)5-10-6-18(30)28-20(10)31/h3-5,7-8,12,16,26H,1-2,6,9H2,(H,24,32)(H,28,30,31)/b10-5+. The van der Waals surface area contributed by atoms with Crippen molar-refractivity contribution in [2.45, 2.75) is 31.7 Å². The van der Waals surface area contributed by atoms with Crippen molar-refractivity contribution in [3.05, 3.63) is 40.4 Å². The van der Waals surface area contributed by atoms with E-state index in [9.17, 15) is 23.2 Å². The lowest BCUT2D eigenvalue weighted by molar-refractivity contribution is -0.124. The van der Waals surface area contributed by atoms with Crippen LogP contribution in [0, 0.1) is 0 Å². The largest absolute Gasteiger partial charge is 0.367 e. The number of fused-ring (bicyclic) bond motifs is 1. The maximum atomic E-state index is 12.4. The molecule has 3 amide bonds. The third kappa shape index (κ3) is 4.46. The number of nitrogens with one attached hydrogen (secondary N) is 3. The van der Waals surface area contributed by atoms with Crippen molar-refractivity contribution in [3.8, 4) is 10.6 Å². The third-order valence-corrected chi connectivity index (χ3v) is 6.26. The number of rotatable bonds is 7. The fourth-order valence-electron chi connectivity index (χ4n) is 3.41. The quantitative estimate of drug-likeness (QED) is 0.359. The van der Waals surface area contributed by atoms with Gasteiger partial charge in [-0.15, -0.1) is 11.3 Å². The highest BCUT2D eigenvalue weighted by atomic mass is 32.1. The van der Waals surface area contributed by atoms with Gasteiger partial charge in [0, 0.05) is 23.2 Å². The Kier molecular flexibility index (Phi) is 5.36. The Bertz CT molecular complexity index is 1310. The lowest BCUT2D eigenvalue weighted by atomic mass is 10.1. The summed E-state index contributed by atoms with van der Waals surface area (Å²) >= 11 is 1.14. The summed E-state index contributed by atoms with van der Waals surface area (Å²) < 4.78 is 26.4. The highest BCUT2D eigenvalue weighted by Crippen LogP contribution is 2.32. The Morgan fingerprint density at radius 2 is 2.15 bits per heavy atom. The maximum Gasteiger partial charge on any atom is 0.261 e. The van der Waals surface area contributed by atoms with Gasteiger partial charge in [-0.3, -0.25) is 19.7 Å². The van der Waals surface area contributed by atoms with Crippen molar-refractivity contribution in [2.75, 3.05) is 11.9 Å². The average molecular weight is 472 g/mol. The monoisotopic (exact) mass is 472 g/mol. The minimum Gasteiger partial charge on any atom is -0.367 e. The molecular weight excluding hydrogens is 454 g/mol. The third-order valence-electron chi connectivity index (χ3n) is 5.15. The SMILES string of the molecule is O=C1C/C(=C\c2cnn3c(NC4CC4)cc(-c4ccc(C(=O)NCC(F)F)s4)nc23)C(=O)N1. The van der Waals surface area contributed by atoms with Crippen LogP contribution in [0.3, 0.4) is 0 Å². The number of nitrogens with zero attached hydrogens (tertiary/aromatic N) is 3. The number of imide groups is 1. The minimum atomic E-state index is -2.62. The Morgan fingerprint density at radius 1 is 1.33 bits per heavy atom. The Balaban J connectivity index is 1.53. The van der Waals surface area contributed by atoms with Gasteiger partial charge in [-0.1, -0.05) is 0 Å². The van der Waals surface area contributed by atoms with E-state index >= 15 is 0 Å². The van der Waals surface area contributed by atoms with E-state index in [1.54, 1.807) is 28.9 Å². The normalized spacial score (nSPS) is 17.2. The Morgan fingerprint density at radius 3 is 2.85 bits per heavy atom. The van der Waals surface area contributed by atoms with Gasteiger partial charge in [0.15, 0.2) is 5.65 Å². The molecular formula is C21H18F2N6O3S. The van der Waals surface area contributed by atoms with Crippen LogP contribution in [0.4, 0.5) is 14.6 Å². The Labute approximate surface area is 189 Å². The zero-order valence-electron chi connectivity index (χ0n) is 17.1. The molecule has 1 aliphatic heterocycles. The van der Waals surface area contributed by atoms with E-state index in [4.69, 9.17) is 0 Å². The van der Waals surface area contributed by atoms with Gasteiger partial charge in [0.25, 0.3) is 18.2 Å². The molecule has 33 heavy (non-hydrogen) atoms. The molecule has 2 fully saturated rings. The fraction of sp³-hybridized carbons (Fsp3) is 0.286. The number of carbonyl (C=O) groups excluding carboxylic acids is 3. The molecule has 0 radical (unpaired) electrons. The van der Waals surface area contributed by atoms with Gasteiger partial charge in [0.1, 0.15) is 5.82 Å². The van der Waals surface area contributed by atoms with E-state index in [0.717, 1.165) is 24.2 Å². The summed E-state index contributed by atoms with van der Waals surface area (Å²) in [6.45, 7) is -0.713. The summed E-state index contributed by atoms with van der Waals surface area (Å²) in [6, 6.07) is 5.41. The minimum absolute atomic E-state index is 0.00887. The molecule has 0 unspecified atom stereocenters. The van der Waals surface area contributed by atoms with Crippen LogP contribution < -0.4 is 16.0 Å². The van der Waals surface area contributed by atoms with Crippen molar-refractivity contribution in [1.29, 1.82) is 0 Å². The molecule has 0 atom stereocenters. The lowest BCUT2D eigenvalue weighted by Crippen LogP contribution is -2.27. The molecule has 5 rings (SSSR count). The molecule has 3 N–H and O–H groups in total. The number of halogens is 2. The molecule has 1 saturated heterocycles. The summed E-state index contributed by atoms with van der Waals surface area (Å²) in [6.07, 6.45) is 2.61. The molecule has 0 spiro atoms. The van der Waals surface area contributed by atoms with E-state index in [2.05, 4.69) is 26.0 Å². The molecule has 3 aromatic heterocycles. The average Bonchev–Trinajstić information content (AvgIpc) is 3.16. The van der Waals surface area contributed by atoms with Gasteiger partial charge in [0.2, 0.25) is 5.91 Å². The molecule has 1 aliphatic carbocycles. The van der Waals surface area contributed by atoms with Crippen LogP contribution in [-0.2, 0) is 9.59 Å². The van der Waals surface area contributed by atoms with Gasteiger partial charge < -0.3 is 10.6 Å². The zero-order valence-corrected chi connectivity index (χ0v) is 17.9. The zero-order chi connectivity index (χ0) is 23.1. The molecule has 0 aromatic carbocycles. The fourth-order valence-corrected chi connectivity index (χ4v) is 4.29. The number of amides is 3. The first kappa shape index (κ1) is 21.2. The molecule has 4 heterocycles. The van der Waals surface area contributed by atoms with Crippen molar-refractivity contribution in [3.63, 3.8) is 0 Å². The second-order valence-electron chi connectivity index (χ2n) is 7.77. The molecule has 3 aromatic rings. The number of hydrogen-bond acceptors (Lipinski definition) is 7. The molecule has 12 heteroatoms. The molecule has 9 nitrogen and oxygen atoms in total. The van der Waals surface area contributed by atoms with Crippen LogP contribution in [0.1, 0.15) is 34.5 Å². The number of carbonyl (C=O) groups is 3. The topological polar surface area (TPSA) is 117 Å². The van der Waals surface area contributed by atoms with Crippen LogP contribution >= 0.6 is 11.3 Å². The summed E-state index contributed by atoms with van der Waals surface area (Å²) in [4.78, 5) is 41.3. The molecule has 0 bridgehead atoms. The van der Waals surface area contributed by atoms with Crippen molar-refractivity contribution < 1.29 is 23.2 Å². The van der Waals surface area contributed by atoms with Gasteiger partial charge >= 0.3 is 0 Å². The van der Waals surface area contributed by atoms with E-state index in [-0.39, 0.29) is 12.3 Å². The van der Waals surface area contributed by atoms with Crippen molar-refractivity contribution >= 4 is 46.6 Å². The van der Waals surface area contributed by atoms with Crippen molar-refractivity contribution in [1.82, 2.24) is 25.2 Å². The highest BCUT2D eigenvalue weighted by Gasteiger charge is 2.26. The smallest absolute Gasteiger partial charge is 0.261 e. The van der Waals surface area contributed by atoms with E-state index < -0.39 is 24.8 Å². The molecule has 170 valence electrons. The first-order chi connectivity index (χ1) is 15.9. The number of anilines is 1. The summed E-state index contributed by atoms with van der Waals surface area (Å²) in [5.41, 5.74) is 1.94. The lowest BCUT2D eigenvalue weighted by Gasteiger charge is -2.09. The van der Waals surface area contributed by atoms with E-state index in [1.807, 2.05) is 6.07 Å². The van der Waals surface area contributed by atoms with Crippen LogP contribution in [0.2, 0.25) is 0 Å². The predicted octanol–water partition coefficient (Wildman–Crippen LogP) is 2.46. The van der Waals surface area contributed by atoms with Crippen LogP contribution in [0.15, 0.2) is 30.0 Å². The van der Waals surface area contributed by atoms with E-state index in [1.165, 1.54) is 0 Å². The number of thiophene rings is 1. The summed E-state index contributed by atoms with van der Waals surface area (Å²) in [5.74, 6) is -0.671. The number of hydrogen-bond donors (Lipinski definition) is 3. The van der Waals surface area contributed by atoms with Gasteiger partial charge in [-0.05, 0) is 31.1 Å². The maximum absolute atomic E-state index is 12.4. The first-order valence-electron chi connectivity index (χ1n) is 10.2. The molecule has 2 aliphatic rings. The van der Waals surface area contributed by atoms with Crippen molar-refractivity contribution in [2.24, 2.45) is 0 Å². The van der Waals surface area contributed by atoms with Gasteiger partial charge in [-0.25, -0.2) is 13.8 Å². The summed E-state index contributed by atoms with van der Waals surface area (Å²) in [7, 11) is 0. The van der Waals surface area contributed by atoms with Gasteiger partial charge in [0.05, 0.1) is 34.6 Å². The first-order valence-corrected chi connectivity index (χ1v) is 11.1. The van der Waals surface area contributed by atoms with Crippen LogP contribution in [-0.4, -0.2) is 51.3 Å². The van der Waals surface area contributed by atoms with Crippen LogP contribution in [0.25, 0.3) is 22.3 Å². The molecule has 1 saturated carbocycles. The Hall–Kier alpha value is -3.67. The van der Waals surface area contributed by atoms with Gasteiger partial charge in [-0.2, -0.15) is 9.61 Å². The second-order valence-corrected chi connectivity index (χ2v) is 8.85. The van der Waals surface area contributed by atoms with E-state index in [0.29, 0.717) is 44.1 Å². The number of aromatic nitrogens is 3. The summed E-state index contributed by atoms with van der Waals surface area (Å²) in [5, 5.41) is 12.2. The second kappa shape index (κ2) is 8.35. The number of alkyl halides is 2. The predicted molar refractivity (Wildman–Crippen MR) is 117 cm³/mol. The highest BCUT2D eigenvalue weighted by molar-refractivity contribution is 7.17.